The van der Waals surface area contributed by atoms with E-state index < -0.39 is 0 Å². The van der Waals surface area contributed by atoms with Gasteiger partial charge < -0.3 is 17.7 Å². The van der Waals surface area contributed by atoms with Crippen LogP contribution in [0.3, 0.4) is 0 Å². The molecular formula is C138H80O4S5. The van der Waals surface area contributed by atoms with Gasteiger partial charge in [-0.3, -0.25) is 0 Å². The van der Waals surface area contributed by atoms with Gasteiger partial charge in [0.2, 0.25) is 0 Å². The molecule has 0 aliphatic carbocycles. The van der Waals surface area contributed by atoms with E-state index in [0.29, 0.717) is 0 Å². The molecule has 147 heavy (non-hydrogen) atoms. The first-order valence-electron chi connectivity index (χ1n) is 49.6. The predicted octanol–water partition coefficient (Wildman–Crippen LogP) is 42.8. The van der Waals surface area contributed by atoms with Crippen molar-refractivity contribution in [3.8, 4) is 122 Å². The summed E-state index contributed by atoms with van der Waals surface area (Å²) in [5.41, 5.74) is 34.3. The number of para-hydroxylation sites is 4. The molecule has 0 fully saturated rings. The van der Waals surface area contributed by atoms with Crippen molar-refractivity contribution < 1.29 is 17.7 Å². The number of rotatable bonds is 11. The Bertz CT molecular complexity index is 11000. The molecule has 9 heteroatoms. The van der Waals surface area contributed by atoms with Gasteiger partial charge in [0.15, 0.2) is 0 Å². The highest BCUT2D eigenvalue weighted by molar-refractivity contribution is 7.28. The number of fused-ring (bicyclic) bond motifs is 27. The van der Waals surface area contributed by atoms with Crippen LogP contribution in [0.2, 0.25) is 0 Å². The van der Waals surface area contributed by atoms with Crippen molar-refractivity contribution in [3.05, 3.63) is 485 Å². The minimum absolute atomic E-state index is 0.915. The molecule has 0 bridgehead atoms. The average molecular weight is 1960 g/mol. The van der Waals surface area contributed by atoms with Crippen LogP contribution in [0.4, 0.5) is 0 Å². The molecule has 0 unspecified atom stereocenters. The molecular weight excluding hydrogens is 1880 g/mol. The molecule has 0 radical (unpaired) electrons. The second-order valence-corrected chi connectivity index (χ2v) is 43.4. The molecule has 0 N–H and O–H groups in total. The SMILES string of the molecule is c1cc(-c2ccc3c(c2)oc2ccccc23)cc(-c2cccc3c2sc2c(-c4ccc(-c5ccc6c(c5)oc5ccccc56)cc4)cccc23)c1.c1cc(-c2ccc3c(c2)oc2ccccc23)cc(-c2cccc3c2sc2c(-c4cccc(-c5cccc6sc7ccccc7c56)c4)cccc23)c1.c1cc(-c2ccc3oc4ccccc4c3c2)cc(-c2cccc3c2sc2c(-c4ccc5c(c4)sc4ccccc45)cccc23)c1. The van der Waals surface area contributed by atoms with Crippen LogP contribution in [0.1, 0.15) is 0 Å². The van der Waals surface area contributed by atoms with Crippen LogP contribution in [-0.2, 0) is 0 Å². The topological polar surface area (TPSA) is 52.6 Å². The lowest BCUT2D eigenvalue weighted by Crippen LogP contribution is -1.83. The third-order valence-electron chi connectivity index (χ3n) is 29.7. The van der Waals surface area contributed by atoms with E-state index >= 15 is 0 Å². The van der Waals surface area contributed by atoms with E-state index in [1.54, 1.807) is 0 Å². The van der Waals surface area contributed by atoms with Crippen LogP contribution in [-0.4, -0.2) is 0 Å². The smallest absolute Gasteiger partial charge is 0.136 e. The molecule has 9 aromatic heterocycles. The Morgan fingerprint density at radius 2 is 0.347 bits per heavy atom. The van der Waals surface area contributed by atoms with E-state index in [1.165, 1.54) is 207 Å². The molecule has 32 rings (SSSR count). The fraction of sp³-hybridized carbons (Fsp3) is 0. The molecule has 23 aromatic carbocycles. The van der Waals surface area contributed by atoms with E-state index in [-0.39, 0.29) is 0 Å². The van der Waals surface area contributed by atoms with Gasteiger partial charge >= 0.3 is 0 Å². The minimum atomic E-state index is 0.915. The molecule has 32 aromatic rings. The Morgan fingerprint density at radius 1 is 0.109 bits per heavy atom. The predicted molar refractivity (Wildman–Crippen MR) is 633 cm³/mol. The van der Waals surface area contributed by atoms with Gasteiger partial charge in [0.25, 0.3) is 0 Å². The summed E-state index contributed by atoms with van der Waals surface area (Å²) in [5, 5.41) is 22.4. The number of benzene rings is 23. The molecule has 686 valence electrons. The fourth-order valence-corrected chi connectivity index (χ4v) is 29.0. The van der Waals surface area contributed by atoms with Crippen molar-refractivity contribution in [2.24, 2.45) is 0 Å². The molecule has 0 aliphatic rings. The lowest BCUT2D eigenvalue weighted by Gasteiger charge is -2.09. The summed E-state index contributed by atoms with van der Waals surface area (Å²) in [6.07, 6.45) is 0. The highest BCUT2D eigenvalue weighted by atomic mass is 32.1. The van der Waals surface area contributed by atoms with Crippen LogP contribution in [0, 0.1) is 0 Å². The zero-order chi connectivity index (χ0) is 96.4. The quantitative estimate of drug-likeness (QED) is 0.129. The summed E-state index contributed by atoms with van der Waals surface area (Å²) in [7, 11) is 0. The maximum atomic E-state index is 6.24. The Hall–Kier alpha value is -17.6. The van der Waals surface area contributed by atoms with Crippen molar-refractivity contribution in [2.75, 3.05) is 0 Å². The minimum Gasteiger partial charge on any atom is -0.456 e. The van der Waals surface area contributed by atoms with Crippen molar-refractivity contribution in [1.29, 1.82) is 0 Å². The van der Waals surface area contributed by atoms with E-state index in [4.69, 9.17) is 17.7 Å². The lowest BCUT2D eigenvalue weighted by molar-refractivity contribution is 0.668. The molecule has 0 amide bonds. The molecule has 0 spiro atoms. The summed E-state index contributed by atoms with van der Waals surface area (Å²) in [6.45, 7) is 0. The summed E-state index contributed by atoms with van der Waals surface area (Å²) in [4.78, 5) is 0. The van der Waals surface area contributed by atoms with Crippen LogP contribution in [0.5, 0.6) is 0 Å². The molecule has 0 saturated heterocycles. The highest BCUT2D eigenvalue weighted by Crippen LogP contribution is 2.52. The third kappa shape index (κ3) is 14.4. The van der Waals surface area contributed by atoms with Gasteiger partial charge in [0, 0.05) is 144 Å². The number of furan rings is 4. The monoisotopic (exact) mass is 1960 g/mol. The number of hydrogen-bond acceptors (Lipinski definition) is 9. The maximum Gasteiger partial charge on any atom is 0.136 e. The molecule has 9 heterocycles. The first kappa shape index (κ1) is 85.0. The largest absolute Gasteiger partial charge is 0.456 e. The van der Waals surface area contributed by atoms with E-state index in [1.807, 2.05) is 105 Å². The van der Waals surface area contributed by atoms with Crippen molar-refractivity contribution in [3.63, 3.8) is 0 Å². The zero-order valence-corrected chi connectivity index (χ0v) is 82.9. The first-order valence-corrected chi connectivity index (χ1v) is 53.7. The van der Waals surface area contributed by atoms with Gasteiger partial charge in [-0.15, -0.1) is 56.7 Å². The molecule has 0 aliphatic heterocycles. The highest BCUT2D eigenvalue weighted by Gasteiger charge is 2.24. The molecule has 0 atom stereocenters. The van der Waals surface area contributed by atoms with Crippen LogP contribution in [0.15, 0.2) is 503 Å². The Balaban J connectivity index is 0.000000102. The molecule has 0 saturated carbocycles. The fourth-order valence-electron chi connectivity index (χ4n) is 22.7. The van der Waals surface area contributed by atoms with Gasteiger partial charge in [-0.05, 0) is 244 Å². The second-order valence-electron chi connectivity index (χ2n) is 38.1. The van der Waals surface area contributed by atoms with E-state index in [9.17, 15) is 0 Å². The summed E-state index contributed by atoms with van der Waals surface area (Å²) >= 11 is 9.46. The molecule has 4 nitrogen and oxygen atoms in total. The third-order valence-corrected chi connectivity index (χ3v) is 35.8. The standard InChI is InChI=1S/C48H28O2S.C48H28OS2.C42H24OS2/c1-3-16-43-37(10-1)39-24-22-32(27-45(39)49-43)29-18-20-30(21-19-29)35-12-6-14-41-42-15-7-13-36(48(42)51-47(35)41)34-9-5-8-31(26-34)33-23-25-40-38-11-2-4-17-44(38)50-46(40)28-33;1-3-21-42-37(14-1)38-25-24-30(28-43(38)49-42)29-10-5-12-32(26-29)35-17-7-19-39-40-20-8-18-36(48(40)51-47(35)39)33-13-6-11-31(27-33)34-16-9-23-45-46(34)41-15-2-4-22-44(41)50-45;1-3-16-37-31(10-1)36-23-26(19-21-38(36)43-37)25-8-5-9-27(22-25)29-12-6-14-34-35-15-7-13-30(42(35)45-41(29)34)28-18-20-33-32-11-2-4-17-39(32)44-40(33)24-28/h2*1-28H;1-24H. The van der Waals surface area contributed by atoms with Crippen molar-refractivity contribution >= 4 is 245 Å². The van der Waals surface area contributed by atoms with Gasteiger partial charge in [-0.2, -0.15) is 0 Å². The Labute approximate surface area is 863 Å². The average Bonchev–Trinajstić information content (AvgIpc) is 1.60. The summed E-state index contributed by atoms with van der Waals surface area (Å²) in [6, 6.07) is 176. The van der Waals surface area contributed by atoms with E-state index in [0.717, 1.165) is 104 Å². The first-order chi connectivity index (χ1) is 72.8. The summed E-state index contributed by atoms with van der Waals surface area (Å²) in [5.74, 6) is 0. The van der Waals surface area contributed by atoms with Gasteiger partial charge in [0.1, 0.15) is 44.7 Å². The van der Waals surface area contributed by atoms with Crippen LogP contribution in [0.25, 0.3) is 311 Å². The zero-order valence-electron chi connectivity index (χ0n) is 78.9. The van der Waals surface area contributed by atoms with Crippen LogP contribution >= 0.6 is 56.7 Å². The summed E-state index contributed by atoms with van der Waals surface area (Å²) < 4.78 is 38.0. The van der Waals surface area contributed by atoms with Crippen LogP contribution < -0.4 is 0 Å². The van der Waals surface area contributed by atoms with Crippen molar-refractivity contribution in [2.45, 2.75) is 0 Å². The number of thiophene rings is 5. The van der Waals surface area contributed by atoms with Gasteiger partial charge in [-0.1, -0.05) is 364 Å². The van der Waals surface area contributed by atoms with Gasteiger partial charge in [0.05, 0.1) is 0 Å². The number of hydrogen-bond donors (Lipinski definition) is 0. The second kappa shape index (κ2) is 34.6. The van der Waals surface area contributed by atoms with E-state index in [2.05, 4.69) is 437 Å². The van der Waals surface area contributed by atoms with Gasteiger partial charge in [-0.25, -0.2) is 0 Å². The lowest BCUT2D eigenvalue weighted by atomic mass is 9.95. The normalized spacial score (nSPS) is 11.9. The Morgan fingerprint density at radius 3 is 0.782 bits per heavy atom. The van der Waals surface area contributed by atoms with Crippen molar-refractivity contribution in [1.82, 2.24) is 0 Å². The maximum absolute atomic E-state index is 6.24. The Kier molecular flexibility index (Phi) is 20.0.